The zero-order chi connectivity index (χ0) is 15.8. The first-order valence-electron chi connectivity index (χ1n) is 6.99. The number of ether oxygens (including phenoxy) is 1. The summed E-state index contributed by atoms with van der Waals surface area (Å²) in [5, 5.41) is 13.4. The van der Waals surface area contributed by atoms with Crippen molar-refractivity contribution in [2.75, 3.05) is 7.05 Å². The van der Waals surface area contributed by atoms with Gasteiger partial charge in [-0.15, -0.1) is 0 Å². The molecule has 0 atom stereocenters. The zero-order valence-electron chi connectivity index (χ0n) is 12.4. The minimum atomic E-state index is -0.632. The fourth-order valence-electron chi connectivity index (χ4n) is 1.97. The molecular weight excluding hydrogens is 278 g/mol. The van der Waals surface area contributed by atoms with Crippen molar-refractivity contribution in [3.8, 4) is 0 Å². The van der Waals surface area contributed by atoms with Crippen LogP contribution in [0.5, 0.6) is 0 Å². The number of hydrogen-bond donors (Lipinski definition) is 3. The highest BCUT2D eigenvalue weighted by molar-refractivity contribution is 6.04. The van der Waals surface area contributed by atoms with Gasteiger partial charge in [-0.1, -0.05) is 48.5 Å². The molecule has 1 amide bonds. The molecular formula is C17H19N3O2. The normalized spacial score (nSPS) is 10.0. The van der Waals surface area contributed by atoms with Crippen molar-refractivity contribution in [2.24, 2.45) is 0 Å². The molecule has 0 bridgehead atoms. The van der Waals surface area contributed by atoms with Crippen LogP contribution >= 0.6 is 0 Å². The minimum absolute atomic E-state index is 0.0241. The van der Waals surface area contributed by atoms with Gasteiger partial charge in [-0.2, -0.15) is 0 Å². The monoisotopic (exact) mass is 297 g/mol. The van der Waals surface area contributed by atoms with E-state index in [0.29, 0.717) is 12.1 Å². The summed E-state index contributed by atoms with van der Waals surface area (Å²) in [6, 6.07) is 16.9. The van der Waals surface area contributed by atoms with Gasteiger partial charge >= 0.3 is 6.09 Å². The van der Waals surface area contributed by atoms with Gasteiger partial charge in [-0.05, 0) is 24.2 Å². The van der Waals surface area contributed by atoms with Gasteiger partial charge in [-0.3, -0.25) is 10.7 Å². The first-order valence-corrected chi connectivity index (χ1v) is 6.99. The van der Waals surface area contributed by atoms with Crippen LogP contribution in [0.2, 0.25) is 0 Å². The molecule has 2 aromatic carbocycles. The van der Waals surface area contributed by atoms with E-state index in [4.69, 9.17) is 10.1 Å². The molecule has 114 valence electrons. The molecule has 0 saturated heterocycles. The number of alkyl carbamates (subject to hydrolysis) is 1. The highest BCUT2D eigenvalue weighted by Crippen LogP contribution is 2.06. The van der Waals surface area contributed by atoms with E-state index >= 15 is 0 Å². The molecule has 0 aromatic heterocycles. The molecule has 0 aliphatic carbocycles. The molecule has 0 spiro atoms. The largest absolute Gasteiger partial charge is 0.444 e. The Morgan fingerprint density at radius 1 is 1.09 bits per heavy atom. The molecule has 3 N–H and O–H groups in total. The van der Waals surface area contributed by atoms with Crippen LogP contribution in [-0.2, 0) is 17.9 Å². The molecule has 0 aliphatic rings. The second-order valence-electron chi connectivity index (χ2n) is 4.79. The standard InChI is InChI=1S/C17H19N3O2/c1-19-11-14-8-5-9-15(10-14)16(18)20-17(21)22-12-13-6-3-2-4-7-13/h2-10,19H,11-12H2,1H3,(H2,18,20,21). The topological polar surface area (TPSA) is 74.2 Å². The quantitative estimate of drug-likeness (QED) is 0.587. The van der Waals surface area contributed by atoms with Gasteiger partial charge in [-0.25, -0.2) is 4.79 Å². The van der Waals surface area contributed by atoms with E-state index in [-0.39, 0.29) is 12.4 Å². The fourth-order valence-corrected chi connectivity index (χ4v) is 1.97. The van der Waals surface area contributed by atoms with Gasteiger partial charge in [0.2, 0.25) is 0 Å². The molecule has 0 unspecified atom stereocenters. The molecule has 0 radical (unpaired) electrons. The van der Waals surface area contributed by atoms with Crippen LogP contribution in [0.4, 0.5) is 4.79 Å². The summed E-state index contributed by atoms with van der Waals surface area (Å²) in [6.07, 6.45) is -0.632. The Morgan fingerprint density at radius 2 is 1.82 bits per heavy atom. The molecule has 0 fully saturated rings. The predicted octanol–water partition coefficient (Wildman–Crippen LogP) is 2.66. The Kier molecular flexibility index (Phi) is 5.68. The van der Waals surface area contributed by atoms with Gasteiger partial charge in [0, 0.05) is 12.1 Å². The summed E-state index contributed by atoms with van der Waals surface area (Å²) in [6.45, 7) is 0.888. The fraction of sp³-hybridized carbons (Fsp3) is 0.176. The first-order chi connectivity index (χ1) is 10.7. The first kappa shape index (κ1) is 15.7. The third kappa shape index (κ3) is 4.71. The second kappa shape index (κ2) is 7.95. The Bertz CT molecular complexity index is 641. The summed E-state index contributed by atoms with van der Waals surface area (Å²) in [5.41, 5.74) is 2.59. The highest BCUT2D eigenvalue weighted by Gasteiger charge is 2.08. The van der Waals surface area contributed by atoms with Crippen LogP contribution in [-0.4, -0.2) is 19.0 Å². The molecule has 0 heterocycles. The average Bonchev–Trinajstić information content (AvgIpc) is 2.54. The lowest BCUT2D eigenvalue weighted by atomic mass is 10.1. The molecule has 2 rings (SSSR count). The van der Waals surface area contributed by atoms with Crippen molar-refractivity contribution in [2.45, 2.75) is 13.2 Å². The van der Waals surface area contributed by atoms with Crippen LogP contribution in [0.25, 0.3) is 0 Å². The predicted molar refractivity (Wildman–Crippen MR) is 85.8 cm³/mol. The Morgan fingerprint density at radius 3 is 2.55 bits per heavy atom. The molecule has 2 aromatic rings. The number of amidine groups is 1. The van der Waals surface area contributed by atoms with Crippen molar-refractivity contribution >= 4 is 11.9 Å². The summed E-state index contributed by atoms with van der Waals surface area (Å²) in [4.78, 5) is 11.7. The van der Waals surface area contributed by atoms with E-state index in [9.17, 15) is 4.79 Å². The van der Waals surface area contributed by atoms with Crippen LogP contribution < -0.4 is 10.6 Å². The van der Waals surface area contributed by atoms with E-state index in [1.807, 2.05) is 55.6 Å². The summed E-state index contributed by atoms with van der Waals surface area (Å²) in [5.74, 6) is 0.0241. The number of benzene rings is 2. The number of carbonyl (C=O) groups is 1. The lowest BCUT2D eigenvalue weighted by molar-refractivity contribution is 0.145. The lowest BCUT2D eigenvalue weighted by Crippen LogP contribution is -2.31. The summed E-state index contributed by atoms with van der Waals surface area (Å²) in [7, 11) is 1.86. The van der Waals surface area contributed by atoms with Gasteiger partial charge in [0.15, 0.2) is 0 Å². The van der Waals surface area contributed by atoms with E-state index in [1.54, 1.807) is 6.07 Å². The maximum Gasteiger partial charge on any atom is 0.413 e. The van der Waals surface area contributed by atoms with Gasteiger partial charge in [0.25, 0.3) is 0 Å². The van der Waals surface area contributed by atoms with Crippen LogP contribution in [0, 0.1) is 5.41 Å². The van der Waals surface area contributed by atoms with Crippen molar-refractivity contribution in [3.63, 3.8) is 0 Å². The van der Waals surface area contributed by atoms with E-state index in [0.717, 1.165) is 11.1 Å². The lowest BCUT2D eigenvalue weighted by Gasteiger charge is -2.09. The van der Waals surface area contributed by atoms with Gasteiger partial charge in [0.05, 0.1) is 0 Å². The minimum Gasteiger partial charge on any atom is -0.444 e. The van der Waals surface area contributed by atoms with E-state index < -0.39 is 6.09 Å². The van der Waals surface area contributed by atoms with Gasteiger partial charge < -0.3 is 10.1 Å². The van der Waals surface area contributed by atoms with Crippen LogP contribution in [0.3, 0.4) is 0 Å². The van der Waals surface area contributed by atoms with E-state index in [2.05, 4.69) is 10.6 Å². The molecule has 5 nitrogen and oxygen atoms in total. The molecule has 0 aliphatic heterocycles. The van der Waals surface area contributed by atoms with Crippen molar-refractivity contribution in [3.05, 3.63) is 71.3 Å². The zero-order valence-corrected chi connectivity index (χ0v) is 12.4. The third-order valence-electron chi connectivity index (χ3n) is 3.04. The van der Waals surface area contributed by atoms with Crippen molar-refractivity contribution in [1.82, 2.24) is 10.6 Å². The number of carbonyl (C=O) groups excluding carboxylic acids is 1. The maximum absolute atomic E-state index is 11.7. The summed E-state index contributed by atoms with van der Waals surface area (Å²) < 4.78 is 5.09. The second-order valence-corrected chi connectivity index (χ2v) is 4.79. The van der Waals surface area contributed by atoms with Crippen LogP contribution in [0.1, 0.15) is 16.7 Å². The van der Waals surface area contributed by atoms with Crippen LogP contribution in [0.15, 0.2) is 54.6 Å². The molecule has 0 saturated carbocycles. The number of hydrogen-bond acceptors (Lipinski definition) is 4. The Labute approximate surface area is 129 Å². The molecule has 22 heavy (non-hydrogen) atoms. The number of amides is 1. The average molecular weight is 297 g/mol. The maximum atomic E-state index is 11.7. The number of nitrogens with one attached hydrogen (secondary N) is 3. The van der Waals surface area contributed by atoms with Crippen molar-refractivity contribution in [1.29, 1.82) is 5.41 Å². The van der Waals surface area contributed by atoms with Gasteiger partial charge in [0.1, 0.15) is 12.4 Å². The van der Waals surface area contributed by atoms with E-state index in [1.165, 1.54) is 0 Å². The van der Waals surface area contributed by atoms with Crippen molar-refractivity contribution < 1.29 is 9.53 Å². The smallest absolute Gasteiger partial charge is 0.413 e. The summed E-state index contributed by atoms with van der Waals surface area (Å²) >= 11 is 0. The number of rotatable bonds is 5. The SMILES string of the molecule is CNCc1cccc(C(=N)NC(=O)OCc2ccccc2)c1. The highest BCUT2D eigenvalue weighted by atomic mass is 16.5. The third-order valence-corrected chi connectivity index (χ3v) is 3.04. The Balaban J connectivity index is 1.88. The molecule has 5 heteroatoms. The Hall–Kier alpha value is -2.66.